The molecule has 2 aromatic heterocycles. The van der Waals surface area contributed by atoms with Crippen molar-refractivity contribution in [1.29, 1.82) is 0 Å². The molecule has 4 aromatic rings. The molecule has 0 saturated heterocycles. The number of H-pyrrole nitrogens is 1. The molecule has 2 aromatic carbocycles. The Morgan fingerprint density at radius 1 is 1.17 bits per heavy atom. The van der Waals surface area contributed by atoms with Crippen molar-refractivity contribution in [3.63, 3.8) is 0 Å². The molecule has 4 rings (SSSR count). The highest BCUT2D eigenvalue weighted by molar-refractivity contribution is 6.08. The number of carbonyl (C=O) groups is 2. The maximum absolute atomic E-state index is 13.4. The molecular weight excluding hydrogens is 307 g/mol. The van der Waals surface area contributed by atoms with Crippen LogP contribution in [0.3, 0.4) is 0 Å². The summed E-state index contributed by atoms with van der Waals surface area (Å²) in [5.41, 5.74) is 2.53. The number of hydrogen-bond donors (Lipinski definition) is 1. The van der Waals surface area contributed by atoms with Gasteiger partial charge in [0.1, 0.15) is 5.82 Å². The number of aromatic amines is 1. The number of nitrogens with zero attached hydrogens (tertiary/aromatic N) is 1. The molecule has 1 N–H and O–H groups in total. The number of aromatic nitrogens is 2. The van der Waals surface area contributed by atoms with E-state index in [1.165, 1.54) is 12.1 Å². The van der Waals surface area contributed by atoms with E-state index in [1.54, 1.807) is 23.0 Å². The van der Waals surface area contributed by atoms with Crippen LogP contribution in [0.15, 0.2) is 54.9 Å². The van der Waals surface area contributed by atoms with Crippen molar-refractivity contribution in [2.75, 3.05) is 0 Å². The molecule has 0 aliphatic heterocycles. The second-order valence-corrected chi connectivity index (χ2v) is 5.66. The van der Waals surface area contributed by atoms with Gasteiger partial charge in [0.25, 0.3) is 0 Å². The van der Waals surface area contributed by atoms with Crippen LogP contribution in [0.25, 0.3) is 21.8 Å². The van der Waals surface area contributed by atoms with Crippen molar-refractivity contribution in [2.24, 2.45) is 0 Å². The van der Waals surface area contributed by atoms with Crippen molar-refractivity contribution in [1.82, 2.24) is 9.55 Å². The van der Waals surface area contributed by atoms with E-state index in [0.29, 0.717) is 28.3 Å². The van der Waals surface area contributed by atoms with Gasteiger partial charge in [-0.15, -0.1) is 0 Å². The molecule has 0 unspecified atom stereocenters. The van der Waals surface area contributed by atoms with Gasteiger partial charge in [-0.2, -0.15) is 0 Å². The van der Waals surface area contributed by atoms with Crippen LogP contribution >= 0.6 is 0 Å². The number of carbonyl (C=O) groups excluding carboxylic acids is 2. The minimum absolute atomic E-state index is 0.0777. The van der Waals surface area contributed by atoms with Gasteiger partial charge >= 0.3 is 0 Å². The van der Waals surface area contributed by atoms with E-state index in [1.807, 2.05) is 24.3 Å². The van der Waals surface area contributed by atoms with E-state index in [0.717, 1.165) is 10.9 Å². The Bertz CT molecular complexity index is 1090. The number of hydrogen-bond acceptors (Lipinski definition) is 2. The van der Waals surface area contributed by atoms with Crippen molar-refractivity contribution in [3.05, 3.63) is 71.8 Å². The first kappa shape index (κ1) is 14.4. The number of ketones is 1. The van der Waals surface area contributed by atoms with Crippen molar-refractivity contribution in [3.8, 4) is 0 Å². The zero-order chi connectivity index (χ0) is 16.7. The topological polar surface area (TPSA) is 54.9 Å². The lowest BCUT2D eigenvalue weighted by molar-refractivity contribution is 0.0974. The van der Waals surface area contributed by atoms with E-state index in [-0.39, 0.29) is 12.3 Å². The highest BCUT2D eigenvalue weighted by atomic mass is 19.1. The monoisotopic (exact) mass is 320 g/mol. The van der Waals surface area contributed by atoms with Crippen molar-refractivity contribution < 1.29 is 14.0 Å². The Kier molecular flexibility index (Phi) is 3.27. The summed E-state index contributed by atoms with van der Waals surface area (Å²) in [6.07, 6.45) is 3.96. The summed E-state index contributed by atoms with van der Waals surface area (Å²) in [7, 11) is 0. The third-order valence-electron chi connectivity index (χ3n) is 4.20. The van der Waals surface area contributed by atoms with E-state index < -0.39 is 5.82 Å². The van der Waals surface area contributed by atoms with E-state index in [2.05, 4.69) is 4.98 Å². The fourth-order valence-corrected chi connectivity index (χ4v) is 3.06. The predicted octanol–water partition coefficient (Wildman–Crippen LogP) is 3.96. The molecule has 5 heteroatoms. The number of Topliss-reactive ketones (excluding diaryl/α,β-unsaturated/α-hetero) is 1. The normalized spacial score (nSPS) is 11.2. The molecular formula is C19H13FN2O2. The molecule has 0 amide bonds. The van der Waals surface area contributed by atoms with E-state index >= 15 is 0 Å². The second-order valence-electron chi connectivity index (χ2n) is 5.66. The van der Waals surface area contributed by atoms with Gasteiger partial charge in [-0.3, -0.25) is 9.59 Å². The number of rotatable bonds is 4. The average Bonchev–Trinajstić information content (AvgIpc) is 3.16. The maximum atomic E-state index is 13.4. The summed E-state index contributed by atoms with van der Waals surface area (Å²) in [5.74, 6) is -0.488. The number of aldehydes is 1. The Labute approximate surface area is 136 Å². The van der Waals surface area contributed by atoms with Gasteiger partial charge in [0.15, 0.2) is 12.1 Å². The molecule has 0 bridgehead atoms. The molecule has 0 aliphatic carbocycles. The molecule has 24 heavy (non-hydrogen) atoms. The van der Waals surface area contributed by atoms with Gasteiger partial charge in [-0.05, 0) is 24.3 Å². The summed E-state index contributed by atoms with van der Waals surface area (Å²) < 4.78 is 15.1. The standard InChI is InChI=1S/C19H13FN2O2/c20-13-5-6-18-15(7-13)12(11-23)9-22(18)10-19(24)16-8-21-17-4-2-1-3-14(16)17/h1-9,11,21H,10H2. The Morgan fingerprint density at radius 3 is 2.83 bits per heavy atom. The molecule has 0 aliphatic rings. The molecule has 4 nitrogen and oxygen atoms in total. The highest BCUT2D eigenvalue weighted by Gasteiger charge is 2.15. The van der Waals surface area contributed by atoms with Gasteiger partial charge in [0, 0.05) is 45.3 Å². The Balaban J connectivity index is 1.76. The van der Waals surface area contributed by atoms with E-state index in [9.17, 15) is 14.0 Å². The molecule has 0 saturated carbocycles. The largest absolute Gasteiger partial charge is 0.360 e. The Hall–Kier alpha value is -3.21. The first-order valence-corrected chi connectivity index (χ1v) is 7.50. The van der Waals surface area contributed by atoms with Crippen molar-refractivity contribution in [2.45, 2.75) is 6.54 Å². The number of para-hydroxylation sites is 1. The van der Waals surface area contributed by atoms with Crippen LogP contribution in [0.1, 0.15) is 20.7 Å². The minimum atomic E-state index is -0.411. The SMILES string of the molecule is O=Cc1cn(CC(=O)c2c[nH]c3ccccc23)c2ccc(F)cc12. The fourth-order valence-electron chi connectivity index (χ4n) is 3.06. The molecule has 0 spiro atoms. The summed E-state index contributed by atoms with van der Waals surface area (Å²) >= 11 is 0. The third kappa shape index (κ3) is 2.22. The van der Waals surface area contributed by atoms with Gasteiger partial charge in [-0.1, -0.05) is 18.2 Å². The number of fused-ring (bicyclic) bond motifs is 2. The van der Waals surface area contributed by atoms with Gasteiger partial charge < -0.3 is 9.55 Å². The van der Waals surface area contributed by atoms with Crippen LogP contribution in [0.4, 0.5) is 4.39 Å². The summed E-state index contributed by atoms with van der Waals surface area (Å²) in [6, 6.07) is 11.8. The van der Waals surface area contributed by atoms with Crippen LogP contribution in [-0.2, 0) is 6.54 Å². The molecule has 0 fully saturated rings. The van der Waals surface area contributed by atoms with Crippen LogP contribution in [-0.4, -0.2) is 21.6 Å². The van der Waals surface area contributed by atoms with Gasteiger partial charge in [-0.25, -0.2) is 4.39 Å². The lowest BCUT2D eigenvalue weighted by Crippen LogP contribution is -2.09. The molecule has 0 atom stereocenters. The van der Waals surface area contributed by atoms with Crippen LogP contribution in [0.2, 0.25) is 0 Å². The van der Waals surface area contributed by atoms with Crippen LogP contribution in [0, 0.1) is 5.82 Å². The predicted molar refractivity (Wildman–Crippen MR) is 89.9 cm³/mol. The quantitative estimate of drug-likeness (QED) is 0.457. The van der Waals surface area contributed by atoms with Crippen molar-refractivity contribution >= 4 is 33.9 Å². The molecule has 0 radical (unpaired) electrons. The smallest absolute Gasteiger partial charge is 0.184 e. The van der Waals surface area contributed by atoms with Gasteiger partial charge in [0.2, 0.25) is 0 Å². The molecule has 2 heterocycles. The maximum Gasteiger partial charge on any atom is 0.184 e. The summed E-state index contributed by atoms with van der Waals surface area (Å²) in [5, 5.41) is 1.37. The molecule has 118 valence electrons. The van der Waals surface area contributed by atoms with Crippen LogP contribution < -0.4 is 0 Å². The zero-order valence-electron chi connectivity index (χ0n) is 12.6. The third-order valence-corrected chi connectivity index (χ3v) is 4.20. The average molecular weight is 320 g/mol. The minimum Gasteiger partial charge on any atom is -0.360 e. The number of benzene rings is 2. The lowest BCUT2D eigenvalue weighted by Gasteiger charge is -2.04. The van der Waals surface area contributed by atoms with Gasteiger partial charge in [0.05, 0.1) is 6.54 Å². The fraction of sp³-hybridized carbons (Fsp3) is 0.0526. The lowest BCUT2D eigenvalue weighted by atomic mass is 10.1. The zero-order valence-corrected chi connectivity index (χ0v) is 12.6. The first-order chi connectivity index (χ1) is 11.7. The van der Waals surface area contributed by atoms with E-state index in [4.69, 9.17) is 0 Å². The highest BCUT2D eigenvalue weighted by Crippen LogP contribution is 2.23. The number of nitrogens with one attached hydrogen (secondary N) is 1. The first-order valence-electron chi connectivity index (χ1n) is 7.50. The van der Waals surface area contributed by atoms with Crippen LogP contribution in [0.5, 0.6) is 0 Å². The number of halogens is 1. The summed E-state index contributed by atoms with van der Waals surface area (Å²) in [4.78, 5) is 27.0. The second kappa shape index (κ2) is 5.45. The summed E-state index contributed by atoms with van der Waals surface area (Å²) in [6.45, 7) is 0.0812. The Morgan fingerprint density at radius 2 is 2.00 bits per heavy atom.